The Hall–Kier alpha value is -3.68. The lowest BCUT2D eigenvalue weighted by Gasteiger charge is -2.05. The number of nitrogens with zero attached hydrogens (tertiary/aromatic N) is 2. The molecule has 2 aromatic carbocycles. The van der Waals surface area contributed by atoms with Crippen LogP contribution in [-0.2, 0) is 6.42 Å². The van der Waals surface area contributed by atoms with Gasteiger partial charge in [-0.2, -0.15) is 4.57 Å². The molecule has 0 bridgehead atoms. The van der Waals surface area contributed by atoms with E-state index in [-0.39, 0.29) is 23.6 Å². The van der Waals surface area contributed by atoms with Gasteiger partial charge in [0.15, 0.2) is 0 Å². The Bertz CT molecular complexity index is 986. The highest BCUT2D eigenvalue weighted by atomic mass is 16.6. The third-order valence-corrected chi connectivity index (χ3v) is 3.63. The molecular weight excluding hydrogens is 328 g/mol. The van der Waals surface area contributed by atoms with Crippen molar-refractivity contribution in [3.05, 3.63) is 86.6 Å². The molecule has 0 unspecified atom stereocenters. The van der Waals surface area contributed by atoms with Crippen LogP contribution in [0, 0.1) is 10.1 Å². The number of carbonyl (C=O) groups is 1. The lowest BCUT2D eigenvalue weighted by atomic mass is 10.0. The summed E-state index contributed by atoms with van der Waals surface area (Å²) in [6, 6.07) is 14.3. The summed E-state index contributed by atoms with van der Waals surface area (Å²) in [5.41, 5.74) is 1.10. The van der Waals surface area contributed by atoms with E-state index in [9.17, 15) is 24.8 Å². The number of nitro groups is 1. The Morgan fingerprint density at radius 1 is 1.12 bits per heavy atom. The summed E-state index contributed by atoms with van der Waals surface area (Å²) < 4.78 is 5.64. The van der Waals surface area contributed by atoms with Crippen LogP contribution in [-0.4, -0.2) is 20.7 Å². The molecule has 0 radical (unpaired) electrons. The number of carboxylic acid groups (broad SMARTS) is 1. The molecule has 3 aromatic rings. The minimum atomic E-state index is -1.48. The highest BCUT2D eigenvalue weighted by molar-refractivity contribution is 5.77. The largest absolute Gasteiger partial charge is 0.464 e. The molecule has 0 aliphatic carbocycles. The maximum Gasteiger partial charge on any atom is 0.429 e. The standard InChI is InChI=1S/C17H12N2O6/c20-16(21)18-15(12-6-8-13(9-7-12)19(23)24)14(25-17(18)22)10-11-4-2-1-3-5-11/h1-9H,10H2,(H,20,21). The van der Waals surface area contributed by atoms with Crippen LogP contribution in [0.25, 0.3) is 11.3 Å². The van der Waals surface area contributed by atoms with Crippen molar-refractivity contribution in [3.8, 4) is 11.3 Å². The molecule has 0 saturated heterocycles. The van der Waals surface area contributed by atoms with Crippen LogP contribution in [0.2, 0.25) is 0 Å². The van der Waals surface area contributed by atoms with Gasteiger partial charge >= 0.3 is 11.8 Å². The van der Waals surface area contributed by atoms with E-state index >= 15 is 0 Å². The Labute approximate surface area is 140 Å². The monoisotopic (exact) mass is 340 g/mol. The number of nitro benzene ring substituents is 1. The zero-order valence-corrected chi connectivity index (χ0v) is 12.8. The molecule has 0 aliphatic rings. The van der Waals surface area contributed by atoms with E-state index in [4.69, 9.17) is 4.42 Å². The van der Waals surface area contributed by atoms with Crippen molar-refractivity contribution in [2.45, 2.75) is 6.42 Å². The minimum Gasteiger partial charge on any atom is -0.464 e. The molecule has 0 fully saturated rings. The molecule has 0 aliphatic heterocycles. The maximum atomic E-state index is 11.9. The van der Waals surface area contributed by atoms with Gasteiger partial charge in [-0.1, -0.05) is 30.3 Å². The number of hydrogen-bond acceptors (Lipinski definition) is 5. The van der Waals surface area contributed by atoms with Crippen molar-refractivity contribution in [2.24, 2.45) is 0 Å². The summed E-state index contributed by atoms with van der Waals surface area (Å²) >= 11 is 0. The number of rotatable bonds is 4. The van der Waals surface area contributed by atoms with E-state index in [1.165, 1.54) is 24.3 Å². The zero-order chi connectivity index (χ0) is 18.0. The fourth-order valence-corrected chi connectivity index (χ4v) is 2.52. The number of aromatic nitrogens is 1. The molecule has 0 atom stereocenters. The molecule has 0 saturated carbocycles. The van der Waals surface area contributed by atoms with Crippen LogP contribution >= 0.6 is 0 Å². The average molecular weight is 340 g/mol. The second-order valence-corrected chi connectivity index (χ2v) is 5.22. The van der Waals surface area contributed by atoms with Crippen molar-refractivity contribution in [1.82, 2.24) is 4.57 Å². The normalized spacial score (nSPS) is 10.6. The molecular formula is C17H12N2O6. The topological polar surface area (TPSA) is 116 Å². The molecule has 3 rings (SSSR count). The fraction of sp³-hybridized carbons (Fsp3) is 0.0588. The lowest BCUT2D eigenvalue weighted by molar-refractivity contribution is -0.384. The van der Waals surface area contributed by atoms with Gasteiger partial charge in [-0.15, -0.1) is 0 Å². The molecule has 1 heterocycles. The first kappa shape index (κ1) is 16.2. The minimum absolute atomic E-state index is 0.0660. The molecule has 8 nitrogen and oxygen atoms in total. The van der Waals surface area contributed by atoms with E-state index in [1.807, 2.05) is 30.3 Å². The first-order valence-corrected chi connectivity index (χ1v) is 7.24. The first-order chi connectivity index (χ1) is 12.0. The second kappa shape index (κ2) is 6.44. The lowest BCUT2D eigenvalue weighted by Crippen LogP contribution is -2.22. The van der Waals surface area contributed by atoms with Crippen molar-refractivity contribution in [2.75, 3.05) is 0 Å². The molecule has 0 spiro atoms. The SMILES string of the molecule is O=C(O)n1c(-c2ccc([N+](=O)[O-])cc2)c(Cc2ccccc2)oc1=O. The van der Waals surface area contributed by atoms with E-state index < -0.39 is 16.8 Å². The number of hydrogen-bond donors (Lipinski definition) is 1. The Balaban J connectivity index is 2.14. The van der Waals surface area contributed by atoms with Crippen molar-refractivity contribution in [3.63, 3.8) is 0 Å². The Morgan fingerprint density at radius 2 is 1.76 bits per heavy atom. The third kappa shape index (κ3) is 3.18. The van der Waals surface area contributed by atoms with Crippen LogP contribution in [0.1, 0.15) is 11.3 Å². The molecule has 8 heteroatoms. The molecule has 1 aromatic heterocycles. The predicted octanol–water partition coefficient (Wildman–Crippen LogP) is 3.13. The van der Waals surface area contributed by atoms with Crippen LogP contribution in [0.4, 0.5) is 10.5 Å². The van der Waals surface area contributed by atoms with Gasteiger partial charge in [0.25, 0.3) is 5.69 Å². The van der Waals surface area contributed by atoms with Crippen LogP contribution in [0.3, 0.4) is 0 Å². The fourth-order valence-electron chi connectivity index (χ4n) is 2.52. The third-order valence-electron chi connectivity index (χ3n) is 3.63. The summed E-state index contributed by atoms with van der Waals surface area (Å²) in [5, 5.41) is 20.1. The maximum absolute atomic E-state index is 11.9. The molecule has 1 N–H and O–H groups in total. The predicted molar refractivity (Wildman–Crippen MR) is 87.7 cm³/mol. The summed E-state index contributed by atoms with van der Waals surface area (Å²) in [6.45, 7) is 0. The van der Waals surface area contributed by atoms with Crippen molar-refractivity contribution in [1.29, 1.82) is 0 Å². The molecule has 25 heavy (non-hydrogen) atoms. The zero-order valence-electron chi connectivity index (χ0n) is 12.8. The summed E-state index contributed by atoms with van der Waals surface area (Å²) in [4.78, 5) is 33.6. The number of oxazole rings is 1. The highest BCUT2D eigenvalue weighted by Crippen LogP contribution is 2.27. The highest BCUT2D eigenvalue weighted by Gasteiger charge is 2.23. The van der Waals surface area contributed by atoms with E-state index in [0.717, 1.165) is 5.56 Å². The molecule has 126 valence electrons. The first-order valence-electron chi connectivity index (χ1n) is 7.24. The van der Waals surface area contributed by atoms with Crippen LogP contribution in [0.5, 0.6) is 0 Å². The van der Waals surface area contributed by atoms with E-state index in [0.29, 0.717) is 10.1 Å². The average Bonchev–Trinajstić information content (AvgIpc) is 2.92. The summed E-state index contributed by atoms with van der Waals surface area (Å²) in [5.74, 6) is -0.848. The van der Waals surface area contributed by atoms with Gasteiger partial charge in [-0.25, -0.2) is 9.59 Å². The Morgan fingerprint density at radius 3 is 2.32 bits per heavy atom. The number of benzene rings is 2. The van der Waals surface area contributed by atoms with E-state index in [2.05, 4.69) is 0 Å². The smallest absolute Gasteiger partial charge is 0.429 e. The van der Waals surface area contributed by atoms with Crippen LogP contribution in [0.15, 0.2) is 63.8 Å². The molecule has 0 amide bonds. The van der Waals surface area contributed by atoms with Gasteiger partial charge in [0.1, 0.15) is 11.5 Å². The number of non-ortho nitro benzene ring substituents is 1. The summed E-state index contributed by atoms with van der Waals surface area (Å²) in [6.07, 6.45) is -1.27. The van der Waals surface area contributed by atoms with Gasteiger partial charge in [0, 0.05) is 24.1 Å². The van der Waals surface area contributed by atoms with Gasteiger partial charge in [0.05, 0.1) is 4.92 Å². The van der Waals surface area contributed by atoms with Crippen molar-refractivity contribution >= 4 is 11.8 Å². The van der Waals surface area contributed by atoms with E-state index in [1.54, 1.807) is 0 Å². The van der Waals surface area contributed by atoms with Gasteiger partial charge in [0.2, 0.25) is 0 Å². The van der Waals surface area contributed by atoms with Gasteiger partial charge < -0.3 is 9.52 Å². The second-order valence-electron chi connectivity index (χ2n) is 5.22. The van der Waals surface area contributed by atoms with Crippen LogP contribution < -0.4 is 5.76 Å². The van der Waals surface area contributed by atoms with Gasteiger partial charge in [-0.05, 0) is 17.7 Å². The van der Waals surface area contributed by atoms with Gasteiger partial charge in [-0.3, -0.25) is 10.1 Å². The summed E-state index contributed by atoms with van der Waals surface area (Å²) in [7, 11) is 0. The van der Waals surface area contributed by atoms with Crippen molar-refractivity contribution < 1.29 is 19.2 Å². The quantitative estimate of drug-likeness (QED) is 0.576. The Kier molecular flexibility index (Phi) is 4.17.